The van der Waals surface area contributed by atoms with Gasteiger partial charge in [0.05, 0.1) is 29.8 Å². The second-order valence-corrected chi connectivity index (χ2v) is 4.14. The van der Waals surface area contributed by atoms with Crippen LogP contribution in [0.4, 0.5) is 14.5 Å². The molecule has 0 aliphatic rings. The molecule has 2 N–H and O–H groups in total. The number of hydrogen-bond donors (Lipinski definition) is 2. The van der Waals surface area contributed by atoms with Gasteiger partial charge in [-0.2, -0.15) is 0 Å². The van der Waals surface area contributed by atoms with Crippen LogP contribution in [0.5, 0.6) is 0 Å². The van der Waals surface area contributed by atoms with Crippen molar-refractivity contribution >= 4 is 11.7 Å². The first-order valence-electron chi connectivity index (χ1n) is 5.98. The highest BCUT2D eigenvalue weighted by Crippen LogP contribution is 2.20. The molecule has 1 aromatic carbocycles. The quantitative estimate of drug-likeness (QED) is 0.883. The molecule has 0 atom stereocenters. The maximum Gasteiger partial charge on any atom is 0.338 e. The average Bonchev–Trinajstić information content (AvgIpc) is 2.84. The molecule has 1 heterocycles. The molecular formula is C13H13F2N3O2. The number of carbonyl (C=O) groups is 1. The standard InChI is InChI=1S/C13H13F2N3O2/c1-2-18-7-16-5-8(18)6-17-12-3-9(13(19)20)10(14)4-11(12)15/h3-5,7,17H,2,6H2,1H3,(H,19,20). The van der Waals surface area contributed by atoms with Gasteiger partial charge in [-0.1, -0.05) is 0 Å². The lowest BCUT2D eigenvalue weighted by Crippen LogP contribution is -2.09. The van der Waals surface area contributed by atoms with Gasteiger partial charge in [-0.15, -0.1) is 0 Å². The SMILES string of the molecule is CCn1cncc1CNc1cc(C(=O)O)c(F)cc1F. The van der Waals surface area contributed by atoms with Gasteiger partial charge < -0.3 is 15.0 Å². The second-order valence-electron chi connectivity index (χ2n) is 4.14. The van der Waals surface area contributed by atoms with Crippen molar-refractivity contribution in [2.75, 3.05) is 5.32 Å². The Balaban J connectivity index is 2.21. The van der Waals surface area contributed by atoms with E-state index in [0.717, 1.165) is 11.8 Å². The minimum absolute atomic E-state index is 0.0624. The van der Waals surface area contributed by atoms with Crippen LogP contribution in [-0.2, 0) is 13.1 Å². The molecule has 5 nitrogen and oxygen atoms in total. The van der Waals surface area contributed by atoms with Crippen LogP contribution in [0.2, 0.25) is 0 Å². The molecule has 20 heavy (non-hydrogen) atoms. The highest BCUT2D eigenvalue weighted by molar-refractivity contribution is 5.89. The van der Waals surface area contributed by atoms with Gasteiger partial charge in [-0.3, -0.25) is 0 Å². The Bertz CT molecular complexity index is 641. The molecule has 0 unspecified atom stereocenters. The van der Waals surface area contributed by atoms with E-state index in [1.807, 2.05) is 11.5 Å². The average molecular weight is 281 g/mol. The number of imidazole rings is 1. The third-order valence-electron chi connectivity index (χ3n) is 2.89. The normalized spacial score (nSPS) is 10.6. The molecule has 2 aromatic rings. The Morgan fingerprint density at radius 3 is 2.80 bits per heavy atom. The molecule has 0 aliphatic heterocycles. The largest absolute Gasteiger partial charge is 0.478 e. The summed E-state index contributed by atoms with van der Waals surface area (Å²) in [6, 6.07) is 1.50. The monoisotopic (exact) mass is 281 g/mol. The van der Waals surface area contributed by atoms with Gasteiger partial charge in [0.25, 0.3) is 0 Å². The number of aryl methyl sites for hydroxylation is 1. The van der Waals surface area contributed by atoms with Gasteiger partial charge in [0, 0.05) is 18.8 Å². The van der Waals surface area contributed by atoms with Crippen LogP contribution < -0.4 is 5.32 Å². The van der Waals surface area contributed by atoms with Gasteiger partial charge in [0.1, 0.15) is 11.6 Å². The van der Waals surface area contributed by atoms with E-state index in [4.69, 9.17) is 5.11 Å². The molecule has 0 radical (unpaired) electrons. The molecule has 1 aromatic heterocycles. The Labute approximate surface area is 113 Å². The third-order valence-corrected chi connectivity index (χ3v) is 2.89. The lowest BCUT2D eigenvalue weighted by Gasteiger charge is -2.10. The number of anilines is 1. The Hall–Kier alpha value is -2.44. The van der Waals surface area contributed by atoms with Crippen LogP contribution in [0.1, 0.15) is 23.0 Å². The summed E-state index contributed by atoms with van der Waals surface area (Å²) < 4.78 is 28.7. The van der Waals surface area contributed by atoms with Crippen molar-refractivity contribution in [2.45, 2.75) is 20.0 Å². The number of carboxylic acids is 1. The molecule has 2 rings (SSSR count). The molecule has 106 valence electrons. The van der Waals surface area contributed by atoms with Crippen molar-refractivity contribution in [1.82, 2.24) is 9.55 Å². The van der Waals surface area contributed by atoms with Crippen LogP contribution in [0.15, 0.2) is 24.7 Å². The zero-order chi connectivity index (χ0) is 14.7. The molecule has 0 saturated heterocycles. The fraction of sp³-hybridized carbons (Fsp3) is 0.231. The van der Waals surface area contributed by atoms with Crippen LogP contribution in [0, 0.1) is 11.6 Å². The first kappa shape index (κ1) is 14.0. The van der Waals surface area contributed by atoms with Gasteiger partial charge in [-0.05, 0) is 13.0 Å². The van der Waals surface area contributed by atoms with Crippen molar-refractivity contribution in [3.05, 3.63) is 47.5 Å². The van der Waals surface area contributed by atoms with Crippen LogP contribution >= 0.6 is 0 Å². The maximum absolute atomic E-state index is 13.6. The Morgan fingerprint density at radius 2 is 2.15 bits per heavy atom. The van der Waals surface area contributed by atoms with E-state index in [0.29, 0.717) is 12.6 Å². The Morgan fingerprint density at radius 1 is 1.40 bits per heavy atom. The summed E-state index contributed by atoms with van der Waals surface area (Å²) in [5.41, 5.74) is 0.179. The van der Waals surface area contributed by atoms with Gasteiger partial charge in [0.15, 0.2) is 0 Å². The highest BCUT2D eigenvalue weighted by Gasteiger charge is 2.15. The molecule has 0 bridgehead atoms. The number of nitrogens with zero attached hydrogens (tertiary/aromatic N) is 2. The van der Waals surface area contributed by atoms with E-state index in [2.05, 4.69) is 10.3 Å². The van der Waals surface area contributed by atoms with Gasteiger partial charge >= 0.3 is 5.97 Å². The summed E-state index contributed by atoms with van der Waals surface area (Å²) in [4.78, 5) is 14.8. The number of rotatable bonds is 5. The topological polar surface area (TPSA) is 67.2 Å². The number of carboxylic acid groups (broad SMARTS) is 1. The van der Waals surface area contributed by atoms with E-state index in [-0.39, 0.29) is 12.2 Å². The van der Waals surface area contributed by atoms with Crippen LogP contribution in [-0.4, -0.2) is 20.6 Å². The summed E-state index contributed by atoms with van der Waals surface area (Å²) in [5, 5.41) is 11.6. The molecule has 0 spiro atoms. The summed E-state index contributed by atoms with van der Waals surface area (Å²) >= 11 is 0. The lowest BCUT2D eigenvalue weighted by atomic mass is 10.1. The zero-order valence-corrected chi connectivity index (χ0v) is 10.7. The molecule has 0 amide bonds. The van der Waals surface area contributed by atoms with Crippen molar-refractivity contribution < 1.29 is 18.7 Å². The summed E-state index contributed by atoms with van der Waals surface area (Å²) in [7, 11) is 0. The summed E-state index contributed by atoms with van der Waals surface area (Å²) in [5.74, 6) is -3.38. The smallest absolute Gasteiger partial charge is 0.338 e. The first-order valence-corrected chi connectivity index (χ1v) is 5.98. The fourth-order valence-corrected chi connectivity index (χ4v) is 1.81. The van der Waals surface area contributed by atoms with Crippen LogP contribution in [0.25, 0.3) is 0 Å². The Kier molecular flexibility index (Phi) is 3.97. The van der Waals surface area contributed by atoms with E-state index < -0.39 is 23.2 Å². The second kappa shape index (κ2) is 5.68. The predicted octanol–water partition coefficient (Wildman–Crippen LogP) is 2.49. The number of aromatic carboxylic acids is 1. The third kappa shape index (κ3) is 2.76. The minimum Gasteiger partial charge on any atom is -0.478 e. The van der Waals surface area contributed by atoms with Gasteiger partial charge in [0.2, 0.25) is 0 Å². The van der Waals surface area contributed by atoms with E-state index in [9.17, 15) is 13.6 Å². The predicted molar refractivity (Wildman–Crippen MR) is 68.5 cm³/mol. The molecule has 0 saturated carbocycles. The number of hydrogen-bond acceptors (Lipinski definition) is 3. The lowest BCUT2D eigenvalue weighted by molar-refractivity contribution is 0.0692. The van der Waals surface area contributed by atoms with E-state index in [1.165, 1.54) is 0 Å². The highest BCUT2D eigenvalue weighted by atomic mass is 19.1. The van der Waals surface area contributed by atoms with Crippen molar-refractivity contribution in [1.29, 1.82) is 0 Å². The van der Waals surface area contributed by atoms with E-state index in [1.54, 1.807) is 12.5 Å². The molecule has 0 aliphatic carbocycles. The summed E-state index contributed by atoms with van der Waals surface area (Å²) in [6.45, 7) is 2.91. The van der Waals surface area contributed by atoms with Crippen molar-refractivity contribution in [3.63, 3.8) is 0 Å². The van der Waals surface area contributed by atoms with Gasteiger partial charge in [-0.25, -0.2) is 18.6 Å². The minimum atomic E-state index is -1.44. The number of nitrogens with one attached hydrogen (secondary N) is 1. The fourth-order valence-electron chi connectivity index (χ4n) is 1.81. The van der Waals surface area contributed by atoms with Crippen LogP contribution in [0.3, 0.4) is 0 Å². The van der Waals surface area contributed by atoms with Crippen molar-refractivity contribution in [2.24, 2.45) is 0 Å². The maximum atomic E-state index is 13.6. The van der Waals surface area contributed by atoms with Crippen molar-refractivity contribution in [3.8, 4) is 0 Å². The summed E-state index contributed by atoms with van der Waals surface area (Å²) in [6.07, 6.45) is 3.26. The number of halogens is 2. The molecular weight excluding hydrogens is 268 g/mol. The first-order chi connectivity index (χ1) is 9.52. The zero-order valence-electron chi connectivity index (χ0n) is 10.7. The molecule has 7 heteroatoms. The number of aromatic nitrogens is 2. The molecule has 0 fully saturated rings. The van der Waals surface area contributed by atoms with E-state index >= 15 is 0 Å². The number of benzene rings is 1.